The van der Waals surface area contributed by atoms with Gasteiger partial charge in [0.2, 0.25) is 0 Å². The van der Waals surface area contributed by atoms with Crippen LogP contribution in [0.2, 0.25) is 0 Å². The van der Waals surface area contributed by atoms with Gasteiger partial charge in [-0.05, 0) is 30.5 Å². The molecule has 1 heterocycles. The summed E-state index contributed by atoms with van der Waals surface area (Å²) in [5.74, 6) is 1.72. The van der Waals surface area contributed by atoms with Crippen LogP contribution in [-0.2, 0) is 6.42 Å². The van der Waals surface area contributed by atoms with Crippen molar-refractivity contribution < 1.29 is 4.74 Å². The molecule has 0 radical (unpaired) electrons. The SMILES string of the molecule is CCC(C)C1NCCc2c(OC)cccc21. The van der Waals surface area contributed by atoms with Crippen LogP contribution in [0, 0.1) is 5.92 Å². The maximum absolute atomic E-state index is 5.45. The van der Waals surface area contributed by atoms with Gasteiger partial charge < -0.3 is 10.1 Å². The number of methoxy groups -OCH3 is 1. The number of ether oxygens (including phenoxy) is 1. The predicted molar refractivity (Wildman–Crippen MR) is 66.9 cm³/mol. The van der Waals surface area contributed by atoms with E-state index in [1.807, 2.05) is 0 Å². The molecule has 2 atom stereocenters. The zero-order valence-electron chi connectivity index (χ0n) is 10.4. The first-order valence-electron chi connectivity index (χ1n) is 6.17. The summed E-state index contributed by atoms with van der Waals surface area (Å²) in [5, 5.41) is 3.62. The number of benzene rings is 1. The number of fused-ring (bicyclic) bond motifs is 1. The van der Waals surface area contributed by atoms with Gasteiger partial charge >= 0.3 is 0 Å². The molecule has 1 aliphatic heterocycles. The zero-order chi connectivity index (χ0) is 11.5. The highest BCUT2D eigenvalue weighted by Crippen LogP contribution is 2.34. The molecule has 1 N–H and O–H groups in total. The molecule has 0 saturated carbocycles. The highest BCUT2D eigenvalue weighted by atomic mass is 16.5. The van der Waals surface area contributed by atoms with Gasteiger partial charge in [-0.2, -0.15) is 0 Å². The average molecular weight is 219 g/mol. The molecule has 0 saturated heterocycles. The molecule has 2 unspecified atom stereocenters. The Morgan fingerprint density at radius 2 is 2.31 bits per heavy atom. The largest absolute Gasteiger partial charge is 0.496 e. The predicted octanol–water partition coefficient (Wildman–Crippen LogP) is 2.93. The number of hydrogen-bond donors (Lipinski definition) is 1. The van der Waals surface area contributed by atoms with Gasteiger partial charge in [0, 0.05) is 11.6 Å². The minimum atomic E-state index is 0.490. The Kier molecular flexibility index (Phi) is 3.49. The fourth-order valence-corrected chi connectivity index (χ4v) is 2.54. The van der Waals surface area contributed by atoms with E-state index in [2.05, 4.69) is 37.4 Å². The molecule has 2 heteroatoms. The Labute approximate surface area is 98.0 Å². The molecule has 1 aromatic rings. The first-order chi connectivity index (χ1) is 7.77. The van der Waals surface area contributed by atoms with Crippen LogP contribution in [-0.4, -0.2) is 13.7 Å². The third kappa shape index (κ3) is 1.94. The van der Waals surface area contributed by atoms with Gasteiger partial charge in [-0.1, -0.05) is 32.4 Å². The van der Waals surface area contributed by atoms with E-state index in [-0.39, 0.29) is 0 Å². The van der Waals surface area contributed by atoms with E-state index in [0.29, 0.717) is 12.0 Å². The normalized spacial score (nSPS) is 21.3. The maximum atomic E-state index is 5.45. The quantitative estimate of drug-likeness (QED) is 0.844. The molecular weight excluding hydrogens is 198 g/mol. The molecule has 16 heavy (non-hydrogen) atoms. The summed E-state index contributed by atoms with van der Waals surface area (Å²) < 4.78 is 5.45. The van der Waals surface area contributed by atoms with Crippen molar-refractivity contribution in [2.24, 2.45) is 5.92 Å². The third-order valence-electron chi connectivity index (χ3n) is 3.68. The summed E-state index contributed by atoms with van der Waals surface area (Å²) in [4.78, 5) is 0. The van der Waals surface area contributed by atoms with Crippen LogP contribution in [0.4, 0.5) is 0 Å². The summed E-state index contributed by atoms with van der Waals surface area (Å²) in [5.41, 5.74) is 2.83. The molecule has 1 aromatic carbocycles. The smallest absolute Gasteiger partial charge is 0.122 e. The van der Waals surface area contributed by atoms with E-state index in [1.165, 1.54) is 17.5 Å². The van der Waals surface area contributed by atoms with E-state index in [0.717, 1.165) is 18.7 Å². The van der Waals surface area contributed by atoms with Gasteiger partial charge in [0.05, 0.1) is 7.11 Å². The van der Waals surface area contributed by atoms with Crippen molar-refractivity contribution in [1.82, 2.24) is 5.32 Å². The van der Waals surface area contributed by atoms with Crippen molar-refractivity contribution >= 4 is 0 Å². The Morgan fingerprint density at radius 3 is 3.00 bits per heavy atom. The minimum Gasteiger partial charge on any atom is -0.496 e. The van der Waals surface area contributed by atoms with Crippen LogP contribution in [0.5, 0.6) is 5.75 Å². The highest BCUT2D eigenvalue weighted by molar-refractivity contribution is 5.43. The summed E-state index contributed by atoms with van der Waals surface area (Å²) in [6.07, 6.45) is 2.28. The molecular formula is C14H21NO. The standard InChI is InChI=1S/C14H21NO/c1-4-10(2)14-12-6-5-7-13(16-3)11(12)8-9-15-14/h5-7,10,14-15H,4,8-9H2,1-3H3. The first-order valence-corrected chi connectivity index (χ1v) is 6.17. The van der Waals surface area contributed by atoms with Crippen LogP contribution in [0.25, 0.3) is 0 Å². The summed E-state index contributed by atoms with van der Waals surface area (Å²) in [6, 6.07) is 6.89. The van der Waals surface area contributed by atoms with Crippen LogP contribution in [0.15, 0.2) is 18.2 Å². The van der Waals surface area contributed by atoms with Crippen LogP contribution in [0.3, 0.4) is 0 Å². The average Bonchev–Trinajstić information content (AvgIpc) is 2.36. The number of hydrogen-bond acceptors (Lipinski definition) is 2. The van der Waals surface area contributed by atoms with Crippen molar-refractivity contribution in [2.75, 3.05) is 13.7 Å². The lowest BCUT2D eigenvalue weighted by Crippen LogP contribution is -2.33. The number of nitrogens with one attached hydrogen (secondary N) is 1. The Balaban J connectivity index is 2.39. The number of rotatable bonds is 3. The summed E-state index contributed by atoms with van der Waals surface area (Å²) in [6.45, 7) is 5.62. The Bertz CT molecular complexity index is 362. The molecule has 0 amide bonds. The molecule has 0 bridgehead atoms. The topological polar surface area (TPSA) is 21.3 Å². The lowest BCUT2D eigenvalue weighted by atomic mass is 9.85. The van der Waals surface area contributed by atoms with Gasteiger partial charge in [0.25, 0.3) is 0 Å². The maximum Gasteiger partial charge on any atom is 0.122 e. The van der Waals surface area contributed by atoms with Gasteiger partial charge in [-0.15, -0.1) is 0 Å². The fraction of sp³-hybridized carbons (Fsp3) is 0.571. The third-order valence-corrected chi connectivity index (χ3v) is 3.68. The van der Waals surface area contributed by atoms with Crippen molar-refractivity contribution in [3.63, 3.8) is 0 Å². The first kappa shape index (κ1) is 11.5. The van der Waals surface area contributed by atoms with E-state index in [4.69, 9.17) is 4.74 Å². The molecule has 88 valence electrons. The Morgan fingerprint density at radius 1 is 1.50 bits per heavy atom. The van der Waals surface area contributed by atoms with Crippen LogP contribution in [0.1, 0.15) is 37.4 Å². The highest BCUT2D eigenvalue weighted by Gasteiger charge is 2.25. The molecule has 0 spiro atoms. The zero-order valence-corrected chi connectivity index (χ0v) is 10.4. The van der Waals surface area contributed by atoms with Crippen LogP contribution >= 0.6 is 0 Å². The van der Waals surface area contributed by atoms with Gasteiger partial charge in [0.1, 0.15) is 5.75 Å². The van der Waals surface area contributed by atoms with E-state index < -0.39 is 0 Å². The van der Waals surface area contributed by atoms with E-state index >= 15 is 0 Å². The van der Waals surface area contributed by atoms with Crippen molar-refractivity contribution in [1.29, 1.82) is 0 Å². The lowest BCUT2D eigenvalue weighted by Gasteiger charge is -2.32. The molecule has 2 nitrogen and oxygen atoms in total. The second-order valence-corrected chi connectivity index (χ2v) is 4.60. The van der Waals surface area contributed by atoms with Gasteiger partial charge in [0.15, 0.2) is 0 Å². The van der Waals surface area contributed by atoms with E-state index in [9.17, 15) is 0 Å². The summed E-state index contributed by atoms with van der Waals surface area (Å²) in [7, 11) is 1.76. The minimum absolute atomic E-state index is 0.490. The van der Waals surface area contributed by atoms with E-state index in [1.54, 1.807) is 7.11 Å². The van der Waals surface area contributed by atoms with Crippen LogP contribution < -0.4 is 10.1 Å². The van der Waals surface area contributed by atoms with Crippen molar-refractivity contribution in [3.8, 4) is 5.75 Å². The summed E-state index contributed by atoms with van der Waals surface area (Å²) >= 11 is 0. The molecule has 2 rings (SSSR count). The lowest BCUT2D eigenvalue weighted by molar-refractivity contribution is 0.352. The molecule has 0 aliphatic carbocycles. The van der Waals surface area contributed by atoms with Gasteiger partial charge in [-0.25, -0.2) is 0 Å². The second-order valence-electron chi connectivity index (χ2n) is 4.60. The Hall–Kier alpha value is -1.02. The van der Waals surface area contributed by atoms with Gasteiger partial charge in [-0.3, -0.25) is 0 Å². The molecule has 0 fully saturated rings. The molecule has 1 aliphatic rings. The monoisotopic (exact) mass is 219 g/mol. The second kappa shape index (κ2) is 4.88. The fourth-order valence-electron chi connectivity index (χ4n) is 2.54. The van der Waals surface area contributed by atoms with Crippen molar-refractivity contribution in [3.05, 3.63) is 29.3 Å². The van der Waals surface area contributed by atoms with Crippen molar-refractivity contribution in [2.45, 2.75) is 32.7 Å². The molecule has 0 aromatic heterocycles.